The molecule has 0 spiro atoms. The molecule has 1 amide bonds. The van der Waals surface area contributed by atoms with Crippen LogP contribution in [0.25, 0.3) is 11.0 Å². The molecule has 1 saturated carbocycles. The van der Waals surface area contributed by atoms with Crippen LogP contribution in [-0.4, -0.2) is 26.8 Å². The lowest BCUT2D eigenvalue weighted by Crippen LogP contribution is -2.36. The molecule has 0 radical (unpaired) electrons. The minimum atomic E-state index is -0.0319. The van der Waals surface area contributed by atoms with Gasteiger partial charge in [0.15, 0.2) is 0 Å². The number of pyridine rings is 1. The van der Waals surface area contributed by atoms with Gasteiger partial charge in [-0.2, -0.15) is 0 Å². The van der Waals surface area contributed by atoms with Crippen LogP contribution in [0.4, 0.5) is 5.82 Å². The Morgan fingerprint density at radius 1 is 1.24 bits per heavy atom. The summed E-state index contributed by atoms with van der Waals surface area (Å²) >= 11 is 0. The Hall–Kier alpha value is -2.86. The first-order chi connectivity index (χ1) is 14.0. The zero-order chi connectivity index (χ0) is 20.1. The van der Waals surface area contributed by atoms with E-state index in [4.69, 9.17) is 10.5 Å². The molecule has 1 fully saturated rings. The van der Waals surface area contributed by atoms with Crippen molar-refractivity contribution in [3.63, 3.8) is 0 Å². The third kappa shape index (κ3) is 3.27. The number of nitrogen functional groups attached to an aromatic ring is 1. The SMILES string of the molecule is CC(C)N(Cc1ccc(C2CC2)cc1)C(=O)c1cc2nc(N)c3c(c2[nH]1)COC3. The minimum absolute atomic E-state index is 0.0319. The number of H-pyrrole nitrogens is 1. The van der Waals surface area contributed by atoms with Crippen molar-refractivity contribution in [3.05, 3.63) is 58.3 Å². The standard InChI is InChI=1S/C23H26N4O2/c1-13(2)27(10-14-3-5-15(6-4-14)16-7-8-16)23(28)20-9-19-21(25-20)17-11-29-12-18(17)22(24)26-19/h3-6,9,13,16,25H,7-8,10-12H2,1-2H3,(H2,24,26). The number of aromatic amines is 1. The maximum Gasteiger partial charge on any atom is 0.270 e. The van der Waals surface area contributed by atoms with Gasteiger partial charge >= 0.3 is 0 Å². The third-order valence-electron chi connectivity index (χ3n) is 6.00. The maximum atomic E-state index is 13.3. The van der Waals surface area contributed by atoms with E-state index in [2.05, 4.69) is 34.2 Å². The first-order valence-electron chi connectivity index (χ1n) is 10.3. The number of rotatable bonds is 5. The highest BCUT2D eigenvalue weighted by atomic mass is 16.5. The molecule has 3 aromatic rings. The maximum absolute atomic E-state index is 13.3. The van der Waals surface area contributed by atoms with Crippen LogP contribution in [0, 0.1) is 0 Å². The molecule has 0 saturated heterocycles. The number of amides is 1. The van der Waals surface area contributed by atoms with Crippen molar-refractivity contribution in [2.45, 2.75) is 58.4 Å². The molecule has 6 nitrogen and oxygen atoms in total. The number of nitrogens with zero attached hydrogens (tertiary/aromatic N) is 2. The Balaban J connectivity index is 1.43. The highest BCUT2D eigenvalue weighted by Gasteiger charge is 2.26. The first kappa shape index (κ1) is 18.2. The molecular weight excluding hydrogens is 364 g/mol. The number of carbonyl (C=O) groups excluding carboxylic acids is 1. The molecule has 1 aromatic carbocycles. The lowest BCUT2D eigenvalue weighted by Gasteiger charge is -2.26. The Labute approximate surface area is 170 Å². The monoisotopic (exact) mass is 390 g/mol. The van der Waals surface area contributed by atoms with E-state index in [1.807, 2.05) is 18.7 Å². The summed E-state index contributed by atoms with van der Waals surface area (Å²) in [7, 11) is 0. The predicted octanol–water partition coefficient (Wildman–Crippen LogP) is 4.10. The second-order valence-corrected chi connectivity index (χ2v) is 8.43. The molecule has 0 atom stereocenters. The highest BCUT2D eigenvalue weighted by molar-refractivity contribution is 5.98. The molecule has 0 bridgehead atoms. The number of aromatic nitrogens is 2. The lowest BCUT2D eigenvalue weighted by atomic mass is 10.1. The number of fused-ring (bicyclic) bond motifs is 3. The fraction of sp³-hybridized carbons (Fsp3) is 0.391. The van der Waals surface area contributed by atoms with E-state index in [-0.39, 0.29) is 11.9 Å². The zero-order valence-electron chi connectivity index (χ0n) is 16.9. The van der Waals surface area contributed by atoms with E-state index < -0.39 is 0 Å². The number of benzene rings is 1. The van der Waals surface area contributed by atoms with Crippen LogP contribution < -0.4 is 5.73 Å². The number of nitrogens with one attached hydrogen (secondary N) is 1. The second kappa shape index (κ2) is 6.88. The van der Waals surface area contributed by atoms with Gasteiger partial charge in [0.25, 0.3) is 5.91 Å². The van der Waals surface area contributed by atoms with E-state index >= 15 is 0 Å². The molecule has 3 N–H and O–H groups in total. The average molecular weight is 390 g/mol. The number of anilines is 1. The predicted molar refractivity (Wildman–Crippen MR) is 112 cm³/mol. The van der Waals surface area contributed by atoms with Crippen LogP contribution in [0.2, 0.25) is 0 Å². The fourth-order valence-electron chi connectivity index (χ4n) is 4.11. The molecule has 0 unspecified atom stereocenters. The molecule has 150 valence electrons. The average Bonchev–Trinajstić information content (AvgIpc) is 3.27. The van der Waals surface area contributed by atoms with Gasteiger partial charge in [-0.1, -0.05) is 24.3 Å². The van der Waals surface area contributed by atoms with Crippen molar-refractivity contribution in [2.75, 3.05) is 5.73 Å². The number of nitrogens with two attached hydrogens (primary N) is 1. The molecule has 2 aromatic heterocycles. The quantitative estimate of drug-likeness (QED) is 0.687. The van der Waals surface area contributed by atoms with Gasteiger partial charge in [-0.25, -0.2) is 4.98 Å². The zero-order valence-corrected chi connectivity index (χ0v) is 16.9. The third-order valence-corrected chi connectivity index (χ3v) is 6.00. The number of carbonyl (C=O) groups is 1. The van der Waals surface area contributed by atoms with Crippen molar-refractivity contribution in [2.24, 2.45) is 0 Å². The van der Waals surface area contributed by atoms with Crippen LogP contribution >= 0.6 is 0 Å². The fourth-order valence-corrected chi connectivity index (χ4v) is 4.11. The molecule has 29 heavy (non-hydrogen) atoms. The summed E-state index contributed by atoms with van der Waals surface area (Å²) in [5, 5.41) is 0. The van der Waals surface area contributed by atoms with E-state index in [1.165, 1.54) is 18.4 Å². The van der Waals surface area contributed by atoms with Crippen molar-refractivity contribution in [3.8, 4) is 0 Å². The summed E-state index contributed by atoms with van der Waals surface area (Å²) in [5.74, 6) is 1.19. The number of hydrogen-bond donors (Lipinski definition) is 2. The molecule has 1 aliphatic carbocycles. The van der Waals surface area contributed by atoms with Crippen LogP contribution in [-0.2, 0) is 24.5 Å². The van der Waals surface area contributed by atoms with Crippen LogP contribution in [0.1, 0.15) is 65.3 Å². The molecule has 5 rings (SSSR count). The van der Waals surface area contributed by atoms with Crippen molar-refractivity contribution in [1.82, 2.24) is 14.9 Å². The molecule has 2 aliphatic rings. The first-order valence-corrected chi connectivity index (χ1v) is 10.3. The Bertz CT molecular complexity index is 1080. The summed E-state index contributed by atoms with van der Waals surface area (Å²) in [6, 6.07) is 10.6. The van der Waals surface area contributed by atoms with Crippen LogP contribution in [0.15, 0.2) is 30.3 Å². The van der Waals surface area contributed by atoms with E-state index in [0.717, 1.165) is 28.1 Å². The summed E-state index contributed by atoms with van der Waals surface area (Å²) in [4.78, 5) is 23.0. The summed E-state index contributed by atoms with van der Waals surface area (Å²) < 4.78 is 5.53. The molecule has 6 heteroatoms. The van der Waals surface area contributed by atoms with Crippen molar-refractivity contribution < 1.29 is 9.53 Å². The van der Waals surface area contributed by atoms with E-state index in [1.54, 1.807) is 6.07 Å². The Morgan fingerprint density at radius 2 is 1.97 bits per heavy atom. The Morgan fingerprint density at radius 3 is 2.66 bits per heavy atom. The van der Waals surface area contributed by atoms with Crippen molar-refractivity contribution >= 4 is 22.8 Å². The smallest absolute Gasteiger partial charge is 0.270 e. The summed E-state index contributed by atoms with van der Waals surface area (Å²) in [6.45, 7) is 5.63. The van der Waals surface area contributed by atoms with E-state index in [9.17, 15) is 4.79 Å². The van der Waals surface area contributed by atoms with Crippen LogP contribution in [0.3, 0.4) is 0 Å². The van der Waals surface area contributed by atoms with E-state index in [0.29, 0.717) is 36.8 Å². The van der Waals surface area contributed by atoms with Gasteiger partial charge in [0, 0.05) is 23.7 Å². The normalized spacial score (nSPS) is 15.8. The van der Waals surface area contributed by atoms with Gasteiger partial charge in [-0.05, 0) is 49.8 Å². The largest absolute Gasteiger partial charge is 0.383 e. The summed E-state index contributed by atoms with van der Waals surface area (Å²) in [6.07, 6.45) is 2.59. The topological polar surface area (TPSA) is 84.2 Å². The second-order valence-electron chi connectivity index (χ2n) is 8.43. The molecular formula is C23H26N4O2. The minimum Gasteiger partial charge on any atom is -0.383 e. The van der Waals surface area contributed by atoms with Gasteiger partial charge in [0.1, 0.15) is 11.5 Å². The van der Waals surface area contributed by atoms with Gasteiger partial charge in [0.2, 0.25) is 0 Å². The van der Waals surface area contributed by atoms with Gasteiger partial charge in [0.05, 0.1) is 24.2 Å². The Kier molecular flexibility index (Phi) is 4.32. The van der Waals surface area contributed by atoms with Gasteiger partial charge in [-0.15, -0.1) is 0 Å². The van der Waals surface area contributed by atoms with Crippen molar-refractivity contribution in [1.29, 1.82) is 0 Å². The van der Waals surface area contributed by atoms with Crippen LogP contribution in [0.5, 0.6) is 0 Å². The molecule has 1 aliphatic heterocycles. The highest BCUT2D eigenvalue weighted by Crippen LogP contribution is 2.40. The molecule has 3 heterocycles. The van der Waals surface area contributed by atoms with Gasteiger partial charge in [-0.3, -0.25) is 4.79 Å². The summed E-state index contributed by atoms with van der Waals surface area (Å²) in [5.41, 5.74) is 12.7. The van der Waals surface area contributed by atoms with Gasteiger partial charge < -0.3 is 20.4 Å². The number of hydrogen-bond acceptors (Lipinski definition) is 4. The number of ether oxygens (including phenoxy) is 1. The lowest BCUT2D eigenvalue weighted by molar-refractivity contribution is 0.0685.